The quantitative estimate of drug-likeness (QED) is 0.172. The molecule has 2 atom stereocenters. The van der Waals surface area contributed by atoms with Crippen LogP contribution >= 0.6 is 0 Å². The van der Waals surface area contributed by atoms with Crippen LogP contribution in [0.2, 0.25) is 0 Å². The normalized spacial score (nSPS) is 18.8. The van der Waals surface area contributed by atoms with Gasteiger partial charge in [-0.05, 0) is 119 Å². The van der Waals surface area contributed by atoms with Crippen molar-refractivity contribution in [3.05, 3.63) is 207 Å². The average molecular weight is 665 g/mol. The van der Waals surface area contributed by atoms with Crippen LogP contribution in [-0.4, -0.2) is 0 Å². The van der Waals surface area contributed by atoms with E-state index in [1.807, 2.05) is 0 Å². The Balaban J connectivity index is 1.28. The Kier molecular flexibility index (Phi) is 7.68. The Hall–Kier alpha value is -5.98. The standard InChI is InChI=1S/C52H40/c1-3-17-35(18-4-1)37-21-15-23-39(33-37)49-41-25-7-11-29-45(41)51(46-30-12-8-26-42(46)49)52-47-31-13-9-27-43(47)50(44-28-10-14-32-48(44)52)40-24-16-22-38(34-40)36-19-5-2-6-20-36/h1-9,11-13,16-22,24-34,41,45H,10,14-15,23H2. The third-order valence-corrected chi connectivity index (χ3v) is 11.6. The van der Waals surface area contributed by atoms with Crippen LogP contribution < -0.4 is 20.9 Å². The van der Waals surface area contributed by atoms with E-state index < -0.39 is 0 Å². The van der Waals surface area contributed by atoms with Crippen molar-refractivity contribution < 1.29 is 0 Å². The van der Waals surface area contributed by atoms with Gasteiger partial charge < -0.3 is 0 Å². The van der Waals surface area contributed by atoms with Gasteiger partial charge in [-0.1, -0.05) is 176 Å². The van der Waals surface area contributed by atoms with E-state index in [0.717, 1.165) is 25.7 Å². The first-order chi connectivity index (χ1) is 25.8. The molecule has 0 saturated carbocycles. The van der Waals surface area contributed by atoms with Gasteiger partial charge in [0.15, 0.2) is 0 Å². The fraction of sp³-hybridized carbons (Fsp3) is 0.115. The second-order valence-electron chi connectivity index (χ2n) is 14.5. The summed E-state index contributed by atoms with van der Waals surface area (Å²) in [6.45, 7) is 0. The zero-order chi connectivity index (χ0) is 34.4. The summed E-state index contributed by atoms with van der Waals surface area (Å²) in [6, 6.07) is 49.3. The van der Waals surface area contributed by atoms with E-state index in [4.69, 9.17) is 0 Å². The summed E-state index contributed by atoms with van der Waals surface area (Å²) in [5.74, 6) is 0.498. The minimum Gasteiger partial charge on any atom is -0.0763 e. The Bertz CT molecular complexity index is 2770. The van der Waals surface area contributed by atoms with E-state index in [0.29, 0.717) is 0 Å². The Morgan fingerprint density at radius 2 is 0.981 bits per heavy atom. The first-order valence-corrected chi connectivity index (χ1v) is 18.9. The lowest BCUT2D eigenvalue weighted by Gasteiger charge is -2.35. The molecule has 0 nitrogen and oxygen atoms in total. The molecule has 0 saturated heterocycles. The highest BCUT2D eigenvalue weighted by molar-refractivity contribution is 6.05. The minimum atomic E-state index is 0.233. The highest BCUT2D eigenvalue weighted by Crippen LogP contribution is 2.44. The number of allylic oxidation sites excluding steroid dienone is 8. The van der Waals surface area contributed by atoms with Crippen molar-refractivity contribution in [2.24, 2.45) is 11.8 Å². The lowest BCUT2D eigenvalue weighted by Crippen LogP contribution is -2.43. The van der Waals surface area contributed by atoms with Crippen molar-refractivity contribution in [2.75, 3.05) is 0 Å². The van der Waals surface area contributed by atoms with Gasteiger partial charge in [-0.3, -0.25) is 0 Å². The molecular weight excluding hydrogens is 625 g/mol. The lowest BCUT2D eigenvalue weighted by molar-refractivity contribution is 0.680. The van der Waals surface area contributed by atoms with Crippen LogP contribution in [0, 0.1) is 11.8 Å². The third-order valence-electron chi connectivity index (χ3n) is 11.6. The number of fused-ring (bicyclic) bond motifs is 4. The third kappa shape index (κ3) is 5.13. The van der Waals surface area contributed by atoms with E-state index in [9.17, 15) is 0 Å². The number of rotatable bonds is 5. The van der Waals surface area contributed by atoms with Crippen LogP contribution in [0.4, 0.5) is 0 Å². The van der Waals surface area contributed by atoms with Crippen molar-refractivity contribution in [3.8, 4) is 22.3 Å². The summed E-state index contributed by atoms with van der Waals surface area (Å²) in [4.78, 5) is 0. The Morgan fingerprint density at radius 3 is 1.71 bits per heavy atom. The maximum absolute atomic E-state index is 2.54. The highest BCUT2D eigenvalue weighted by Gasteiger charge is 2.34. The largest absolute Gasteiger partial charge is 0.0763 e. The van der Waals surface area contributed by atoms with Gasteiger partial charge in [0.1, 0.15) is 0 Å². The second kappa shape index (κ2) is 13.0. The van der Waals surface area contributed by atoms with Crippen LogP contribution in [0.25, 0.3) is 61.9 Å². The molecule has 2 unspecified atom stereocenters. The molecule has 0 aromatic heterocycles. The Morgan fingerprint density at radius 1 is 0.423 bits per heavy atom. The molecule has 0 N–H and O–H groups in total. The topological polar surface area (TPSA) is 0 Å². The molecule has 10 rings (SSSR count). The van der Waals surface area contributed by atoms with E-state index in [-0.39, 0.29) is 11.8 Å². The zero-order valence-corrected chi connectivity index (χ0v) is 29.3. The summed E-state index contributed by atoms with van der Waals surface area (Å²) >= 11 is 0. The van der Waals surface area contributed by atoms with Crippen LogP contribution in [-0.2, 0) is 0 Å². The first-order valence-electron chi connectivity index (χ1n) is 18.9. The molecule has 0 spiro atoms. The maximum Gasteiger partial charge on any atom is 0.0138 e. The second-order valence-corrected chi connectivity index (χ2v) is 14.5. The van der Waals surface area contributed by atoms with Gasteiger partial charge in [0, 0.05) is 11.8 Å². The van der Waals surface area contributed by atoms with Gasteiger partial charge in [0.2, 0.25) is 0 Å². The summed E-state index contributed by atoms with van der Waals surface area (Å²) in [5, 5.41) is 8.20. The predicted octanol–water partition coefficient (Wildman–Crippen LogP) is 10.1. The van der Waals surface area contributed by atoms with Crippen LogP contribution in [0.15, 0.2) is 175 Å². The zero-order valence-electron chi connectivity index (χ0n) is 29.3. The molecule has 6 aromatic carbocycles. The fourth-order valence-electron chi connectivity index (χ4n) is 9.35. The number of hydrogen-bond donors (Lipinski definition) is 0. The summed E-state index contributed by atoms with van der Waals surface area (Å²) in [6.07, 6.45) is 23.7. The summed E-state index contributed by atoms with van der Waals surface area (Å²) in [7, 11) is 0. The van der Waals surface area contributed by atoms with Gasteiger partial charge in [0.05, 0.1) is 0 Å². The van der Waals surface area contributed by atoms with Crippen molar-refractivity contribution in [2.45, 2.75) is 25.7 Å². The van der Waals surface area contributed by atoms with E-state index in [2.05, 4.69) is 182 Å². The first kappa shape index (κ1) is 30.8. The van der Waals surface area contributed by atoms with E-state index in [1.165, 1.54) is 87.3 Å². The molecule has 4 aliphatic carbocycles. The number of benzene rings is 6. The SMILES string of the molecule is C1=CC2C(C3=CC(c4ccccc4)=CCC3)=c3ccccc3=C(c3c4c(c(-c5cccc(-c6ccccc6)c5)c5ccccc35)=CCCC=4)C2C=C1. The van der Waals surface area contributed by atoms with Gasteiger partial charge >= 0.3 is 0 Å². The van der Waals surface area contributed by atoms with Gasteiger partial charge in [-0.25, -0.2) is 0 Å². The average Bonchev–Trinajstić information content (AvgIpc) is 3.23. The lowest BCUT2D eigenvalue weighted by atomic mass is 9.68. The highest BCUT2D eigenvalue weighted by atomic mass is 14.4. The minimum absolute atomic E-state index is 0.233. The van der Waals surface area contributed by atoms with Crippen molar-refractivity contribution in [1.82, 2.24) is 0 Å². The molecule has 6 aromatic rings. The van der Waals surface area contributed by atoms with Crippen molar-refractivity contribution in [3.63, 3.8) is 0 Å². The molecule has 0 aliphatic heterocycles. The number of hydrogen-bond acceptors (Lipinski definition) is 0. The van der Waals surface area contributed by atoms with Crippen molar-refractivity contribution in [1.29, 1.82) is 0 Å². The molecule has 0 bridgehead atoms. The molecule has 0 fully saturated rings. The predicted molar refractivity (Wildman–Crippen MR) is 221 cm³/mol. The molecule has 0 amide bonds. The van der Waals surface area contributed by atoms with Gasteiger partial charge in [0.25, 0.3) is 0 Å². The summed E-state index contributed by atoms with van der Waals surface area (Å²) < 4.78 is 0. The Labute approximate surface area is 305 Å². The molecule has 0 radical (unpaired) electrons. The van der Waals surface area contributed by atoms with Crippen molar-refractivity contribution >= 4 is 39.6 Å². The molecule has 52 heavy (non-hydrogen) atoms. The van der Waals surface area contributed by atoms with Crippen LogP contribution in [0.1, 0.15) is 36.8 Å². The monoisotopic (exact) mass is 664 g/mol. The van der Waals surface area contributed by atoms with Gasteiger partial charge in [-0.2, -0.15) is 0 Å². The molecular formula is C52H40. The molecule has 0 heterocycles. The molecule has 248 valence electrons. The fourth-order valence-corrected chi connectivity index (χ4v) is 9.35. The van der Waals surface area contributed by atoms with E-state index in [1.54, 1.807) is 0 Å². The van der Waals surface area contributed by atoms with Crippen LogP contribution in [0.5, 0.6) is 0 Å². The summed E-state index contributed by atoms with van der Waals surface area (Å²) in [5.41, 5.74) is 13.6. The van der Waals surface area contributed by atoms with Gasteiger partial charge in [-0.15, -0.1) is 0 Å². The maximum atomic E-state index is 2.54. The smallest absolute Gasteiger partial charge is 0.0138 e. The molecule has 0 heteroatoms. The van der Waals surface area contributed by atoms with E-state index >= 15 is 0 Å². The van der Waals surface area contributed by atoms with Crippen LogP contribution in [0.3, 0.4) is 0 Å². The molecule has 4 aliphatic rings.